The summed E-state index contributed by atoms with van der Waals surface area (Å²) in [4.78, 5) is 8.48. The molecule has 0 fully saturated rings. The molecule has 4 N–H and O–H groups in total. The van der Waals surface area contributed by atoms with Crippen molar-refractivity contribution in [1.82, 2.24) is 9.97 Å². The van der Waals surface area contributed by atoms with E-state index in [-0.39, 0.29) is 0 Å². The zero-order valence-electron chi connectivity index (χ0n) is 13.2. The van der Waals surface area contributed by atoms with Gasteiger partial charge >= 0.3 is 0 Å². The van der Waals surface area contributed by atoms with Gasteiger partial charge in [0.1, 0.15) is 12.0 Å². The van der Waals surface area contributed by atoms with Crippen LogP contribution in [0.5, 0.6) is 0 Å². The standard InChI is InChI=1S/C18H19N5/c1-12-8-9-15(13(2)10-12)23-18-16(19)17(20-11-21-18)22-14-6-4-3-5-7-14/h3-11H,19H2,1-2H3,(H2,20,21,22,23). The third-order valence-corrected chi connectivity index (χ3v) is 3.56. The van der Waals surface area contributed by atoms with E-state index in [1.165, 1.54) is 11.9 Å². The number of nitrogens with one attached hydrogen (secondary N) is 2. The summed E-state index contributed by atoms with van der Waals surface area (Å²) in [5.41, 5.74) is 11.0. The molecule has 3 aromatic rings. The molecule has 0 saturated carbocycles. The molecule has 0 atom stereocenters. The van der Waals surface area contributed by atoms with Crippen molar-refractivity contribution in [2.24, 2.45) is 0 Å². The molecule has 0 unspecified atom stereocenters. The van der Waals surface area contributed by atoms with Gasteiger partial charge in [0.2, 0.25) is 0 Å². The Balaban J connectivity index is 1.87. The minimum Gasteiger partial charge on any atom is -0.393 e. The molecule has 0 spiro atoms. The van der Waals surface area contributed by atoms with Crippen molar-refractivity contribution in [3.8, 4) is 0 Å². The van der Waals surface area contributed by atoms with Gasteiger partial charge < -0.3 is 16.4 Å². The summed E-state index contributed by atoms with van der Waals surface area (Å²) in [6, 6.07) is 16.0. The number of nitrogens with zero attached hydrogens (tertiary/aromatic N) is 2. The SMILES string of the molecule is Cc1ccc(Nc2ncnc(Nc3ccccc3)c2N)c(C)c1. The molecule has 0 aliphatic carbocycles. The molecule has 5 heteroatoms. The summed E-state index contributed by atoms with van der Waals surface area (Å²) in [6.07, 6.45) is 1.49. The van der Waals surface area contributed by atoms with E-state index >= 15 is 0 Å². The number of aromatic nitrogens is 2. The van der Waals surface area contributed by atoms with Gasteiger partial charge in [0.25, 0.3) is 0 Å². The third-order valence-electron chi connectivity index (χ3n) is 3.56. The fraction of sp³-hybridized carbons (Fsp3) is 0.111. The molecule has 1 heterocycles. The molecular formula is C18H19N5. The van der Waals surface area contributed by atoms with Crippen LogP contribution in [0.2, 0.25) is 0 Å². The molecule has 0 amide bonds. The molecule has 3 rings (SSSR count). The first-order chi connectivity index (χ1) is 11.1. The Morgan fingerprint density at radius 3 is 2.26 bits per heavy atom. The van der Waals surface area contributed by atoms with Crippen molar-refractivity contribution in [2.45, 2.75) is 13.8 Å². The lowest BCUT2D eigenvalue weighted by Crippen LogP contribution is -2.05. The van der Waals surface area contributed by atoms with Crippen LogP contribution in [0.4, 0.5) is 28.7 Å². The molecule has 0 aliphatic rings. The van der Waals surface area contributed by atoms with Crippen molar-refractivity contribution in [3.63, 3.8) is 0 Å². The highest BCUT2D eigenvalue weighted by atomic mass is 15.1. The highest BCUT2D eigenvalue weighted by Gasteiger charge is 2.09. The molecule has 1 aromatic heterocycles. The summed E-state index contributed by atoms with van der Waals surface area (Å²) >= 11 is 0. The minimum atomic E-state index is 0.483. The number of para-hydroxylation sites is 1. The van der Waals surface area contributed by atoms with Crippen molar-refractivity contribution in [3.05, 3.63) is 66.0 Å². The summed E-state index contributed by atoms with van der Waals surface area (Å²) in [6.45, 7) is 4.12. The van der Waals surface area contributed by atoms with Gasteiger partial charge in [0.15, 0.2) is 11.6 Å². The second kappa shape index (κ2) is 6.36. The second-order valence-electron chi connectivity index (χ2n) is 5.42. The first-order valence-corrected chi connectivity index (χ1v) is 7.40. The Labute approximate surface area is 135 Å². The maximum Gasteiger partial charge on any atom is 0.159 e. The number of anilines is 5. The summed E-state index contributed by atoms with van der Waals surface area (Å²) < 4.78 is 0. The van der Waals surface area contributed by atoms with E-state index < -0.39 is 0 Å². The topological polar surface area (TPSA) is 75.9 Å². The van der Waals surface area contributed by atoms with Crippen LogP contribution in [-0.2, 0) is 0 Å². The number of aryl methyl sites for hydroxylation is 2. The van der Waals surface area contributed by atoms with E-state index in [4.69, 9.17) is 5.73 Å². The second-order valence-corrected chi connectivity index (χ2v) is 5.42. The van der Waals surface area contributed by atoms with Crippen LogP contribution in [0.15, 0.2) is 54.9 Å². The average molecular weight is 305 g/mol. The van der Waals surface area contributed by atoms with Gasteiger partial charge in [-0.15, -0.1) is 0 Å². The quantitative estimate of drug-likeness (QED) is 0.674. The minimum absolute atomic E-state index is 0.483. The zero-order valence-corrected chi connectivity index (χ0v) is 13.2. The van der Waals surface area contributed by atoms with Crippen LogP contribution < -0.4 is 16.4 Å². The van der Waals surface area contributed by atoms with E-state index in [0.29, 0.717) is 17.3 Å². The van der Waals surface area contributed by atoms with Gasteiger partial charge in [0, 0.05) is 11.4 Å². The van der Waals surface area contributed by atoms with E-state index in [2.05, 4.69) is 46.6 Å². The van der Waals surface area contributed by atoms with Crippen LogP contribution in [0, 0.1) is 13.8 Å². The maximum absolute atomic E-state index is 6.21. The molecule has 23 heavy (non-hydrogen) atoms. The number of nitrogen functional groups attached to an aromatic ring is 1. The highest BCUT2D eigenvalue weighted by Crippen LogP contribution is 2.29. The van der Waals surface area contributed by atoms with E-state index in [1.54, 1.807) is 0 Å². The van der Waals surface area contributed by atoms with Crippen LogP contribution in [0.1, 0.15) is 11.1 Å². The Hall–Kier alpha value is -3.08. The number of nitrogens with two attached hydrogens (primary N) is 1. The van der Waals surface area contributed by atoms with Crippen molar-refractivity contribution in [2.75, 3.05) is 16.4 Å². The highest BCUT2D eigenvalue weighted by molar-refractivity contribution is 5.80. The Bertz CT molecular complexity index is 815. The Morgan fingerprint density at radius 2 is 1.57 bits per heavy atom. The third kappa shape index (κ3) is 3.40. The van der Waals surface area contributed by atoms with Crippen LogP contribution in [-0.4, -0.2) is 9.97 Å². The van der Waals surface area contributed by atoms with Crippen molar-refractivity contribution in [1.29, 1.82) is 0 Å². The molecule has 0 bridgehead atoms. The lowest BCUT2D eigenvalue weighted by Gasteiger charge is -2.14. The predicted octanol–water partition coefficient (Wildman–Crippen LogP) is 4.16. The molecule has 5 nitrogen and oxygen atoms in total. The first kappa shape index (κ1) is 14.8. The van der Waals surface area contributed by atoms with E-state index in [9.17, 15) is 0 Å². The molecule has 2 aromatic carbocycles. The summed E-state index contributed by atoms with van der Waals surface area (Å²) in [5.74, 6) is 1.17. The number of benzene rings is 2. The lowest BCUT2D eigenvalue weighted by atomic mass is 10.1. The fourth-order valence-corrected chi connectivity index (χ4v) is 2.33. The van der Waals surface area contributed by atoms with Gasteiger partial charge in [-0.1, -0.05) is 35.9 Å². The molecular weight excluding hydrogens is 286 g/mol. The normalized spacial score (nSPS) is 10.3. The summed E-state index contributed by atoms with van der Waals surface area (Å²) in [5, 5.41) is 6.48. The largest absolute Gasteiger partial charge is 0.393 e. The predicted molar refractivity (Wildman–Crippen MR) is 95.4 cm³/mol. The van der Waals surface area contributed by atoms with Gasteiger partial charge in [-0.3, -0.25) is 0 Å². The smallest absolute Gasteiger partial charge is 0.159 e. The van der Waals surface area contributed by atoms with Crippen molar-refractivity contribution >= 4 is 28.7 Å². The number of hydrogen-bond acceptors (Lipinski definition) is 5. The average Bonchev–Trinajstić information content (AvgIpc) is 2.54. The monoisotopic (exact) mass is 305 g/mol. The van der Waals surface area contributed by atoms with Crippen molar-refractivity contribution < 1.29 is 0 Å². The van der Waals surface area contributed by atoms with Crippen LogP contribution >= 0.6 is 0 Å². The van der Waals surface area contributed by atoms with Gasteiger partial charge in [-0.25, -0.2) is 9.97 Å². The first-order valence-electron chi connectivity index (χ1n) is 7.40. The zero-order chi connectivity index (χ0) is 16.2. The van der Waals surface area contributed by atoms with E-state index in [0.717, 1.165) is 16.9 Å². The fourth-order valence-electron chi connectivity index (χ4n) is 2.33. The van der Waals surface area contributed by atoms with E-state index in [1.807, 2.05) is 36.4 Å². The van der Waals surface area contributed by atoms with Crippen LogP contribution in [0.25, 0.3) is 0 Å². The van der Waals surface area contributed by atoms with Gasteiger partial charge in [-0.05, 0) is 37.6 Å². The number of rotatable bonds is 4. The number of hydrogen-bond donors (Lipinski definition) is 3. The Kier molecular flexibility index (Phi) is 4.10. The maximum atomic E-state index is 6.21. The molecule has 116 valence electrons. The lowest BCUT2D eigenvalue weighted by molar-refractivity contribution is 1.17. The van der Waals surface area contributed by atoms with Crippen LogP contribution in [0.3, 0.4) is 0 Å². The van der Waals surface area contributed by atoms with Gasteiger partial charge in [-0.2, -0.15) is 0 Å². The Morgan fingerprint density at radius 1 is 0.870 bits per heavy atom. The summed E-state index contributed by atoms with van der Waals surface area (Å²) in [7, 11) is 0. The molecule has 0 saturated heterocycles. The molecule has 0 radical (unpaired) electrons. The van der Waals surface area contributed by atoms with Gasteiger partial charge in [0.05, 0.1) is 0 Å². The molecule has 0 aliphatic heterocycles.